The molecule has 2 rings (SSSR count). The lowest BCUT2D eigenvalue weighted by Gasteiger charge is -2.31. The van der Waals surface area contributed by atoms with Gasteiger partial charge in [-0.3, -0.25) is 4.79 Å². The second kappa shape index (κ2) is 4.74. The van der Waals surface area contributed by atoms with E-state index in [0.717, 1.165) is 38.0 Å². The van der Waals surface area contributed by atoms with Crippen molar-refractivity contribution >= 4 is 5.91 Å². The molecule has 3 nitrogen and oxygen atoms in total. The summed E-state index contributed by atoms with van der Waals surface area (Å²) in [6.45, 7) is 2.20. The van der Waals surface area contributed by atoms with E-state index in [1.807, 2.05) is 0 Å². The number of rotatable bonds is 4. The molecule has 16 heavy (non-hydrogen) atoms. The molecule has 2 saturated carbocycles. The Hall–Kier alpha value is -0.570. The van der Waals surface area contributed by atoms with Crippen LogP contribution in [-0.4, -0.2) is 17.5 Å². The van der Waals surface area contributed by atoms with Gasteiger partial charge in [-0.1, -0.05) is 32.6 Å². The highest BCUT2D eigenvalue weighted by Crippen LogP contribution is 2.35. The Morgan fingerprint density at radius 3 is 2.69 bits per heavy atom. The van der Waals surface area contributed by atoms with Crippen molar-refractivity contribution < 1.29 is 4.79 Å². The third-order valence-electron chi connectivity index (χ3n) is 4.10. The molecule has 92 valence electrons. The topological polar surface area (TPSA) is 55.1 Å². The monoisotopic (exact) mass is 224 g/mol. The predicted octanol–water partition coefficient (Wildman–Crippen LogP) is 1.95. The minimum absolute atomic E-state index is 0.107. The summed E-state index contributed by atoms with van der Waals surface area (Å²) in [6.07, 6.45) is 8.78. The van der Waals surface area contributed by atoms with Crippen molar-refractivity contribution in [1.29, 1.82) is 0 Å². The molecule has 2 aliphatic carbocycles. The molecule has 0 aliphatic heterocycles. The van der Waals surface area contributed by atoms with Crippen LogP contribution in [0.15, 0.2) is 0 Å². The maximum Gasteiger partial charge on any atom is 0.240 e. The van der Waals surface area contributed by atoms with Crippen LogP contribution in [0.5, 0.6) is 0 Å². The zero-order valence-corrected chi connectivity index (χ0v) is 10.3. The van der Waals surface area contributed by atoms with Gasteiger partial charge in [-0.15, -0.1) is 0 Å². The van der Waals surface area contributed by atoms with E-state index in [2.05, 4.69) is 12.2 Å². The van der Waals surface area contributed by atoms with Crippen LogP contribution >= 0.6 is 0 Å². The molecule has 0 aromatic heterocycles. The highest BCUT2D eigenvalue weighted by molar-refractivity contribution is 5.86. The van der Waals surface area contributed by atoms with Crippen LogP contribution in [0.1, 0.15) is 58.3 Å². The Labute approximate surface area is 98.2 Å². The van der Waals surface area contributed by atoms with Crippen LogP contribution in [0.4, 0.5) is 0 Å². The molecule has 2 atom stereocenters. The third-order valence-corrected chi connectivity index (χ3v) is 4.10. The SMILES string of the molecule is CCCC1CC1NC(=O)C1(N)CCCCC1. The summed E-state index contributed by atoms with van der Waals surface area (Å²) < 4.78 is 0. The van der Waals surface area contributed by atoms with Gasteiger partial charge >= 0.3 is 0 Å². The maximum atomic E-state index is 12.1. The fraction of sp³-hybridized carbons (Fsp3) is 0.923. The van der Waals surface area contributed by atoms with Gasteiger partial charge in [0, 0.05) is 6.04 Å². The van der Waals surface area contributed by atoms with Crippen molar-refractivity contribution in [3.05, 3.63) is 0 Å². The predicted molar refractivity (Wildman–Crippen MR) is 64.9 cm³/mol. The fourth-order valence-electron chi connectivity index (χ4n) is 2.84. The lowest BCUT2D eigenvalue weighted by molar-refractivity contribution is -0.127. The second-order valence-corrected chi connectivity index (χ2v) is 5.58. The number of hydrogen-bond donors (Lipinski definition) is 2. The molecule has 2 unspecified atom stereocenters. The molecular formula is C13H24N2O. The minimum Gasteiger partial charge on any atom is -0.351 e. The molecule has 0 radical (unpaired) electrons. The van der Waals surface area contributed by atoms with Gasteiger partial charge in [-0.05, 0) is 31.6 Å². The first-order valence-corrected chi connectivity index (χ1v) is 6.75. The molecule has 2 fully saturated rings. The molecule has 0 spiro atoms. The molecule has 0 heterocycles. The number of hydrogen-bond acceptors (Lipinski definition) is 2. The van der Waals surface area contributed by atoms with E-state index in [1.165, 1.54) is 19.3 Å². The number of carbonyl (C=O) groups is 1. The largest absolute Gasteiger partial charge is 0.351 e. The Kier molecular flexibility index (Phi) is 3.53. The summed E-state index contributed by atoms with van der Waals surface area (Å²) in [7, 11) is 0. The van der Waals surface area contributed by atoms with Crippen LogP contribution in [0.25, 0.3) is 0 Å². The van der Waals surface area contributed by atoms with Crippen molar-refractivity contribution in [1.82, 2.24) is 5.32 Å². The lowest BCUT2D eigenvalue weighted by Crippen LogP contribution is -2.55. The first-order valence-electron chi connectivity index (χ1n) is 6.75. The van der Waals surface area contributed by atoms with E-state index in [-0.39, 0.29) is 5.91 Å². The summed E-state index contributed by atoms with van der Waals surface area (Å²) in [5.41, 5.74) is 5.63. The average Bonchev–Trinajstić information content (AvgIpc) is 2.98. The molecule has 0 aromatic rings. The Balaban J connectivity index is 1.79. The van der Waals surface area contributed by atoms with Gasteiger partial charge in [-0.25, -0.2) is 0 Å². The normalized spacial score (nSPS) is 32.1. The van der Waals surface area contributed by atoms with Gasteiger partial charge in [0.05, 0.1) is 5.54 Å². The van der Waals surface area contributed by atoms with Crippen molar-refractivity contribution in [3.8, 4) is 0 Å². The highest BCUT2D eigenvalue weighted by Gasteiger charge is 2.42. The highest BCUT2D eigenvalue weighted by atomic mass is 16.2. The lowest BCUT2D eigenvalue weighted by atomic mass is 9.82. The summed E-state index contributed by atoms with van der Waals surface area (Å²) in [5.74, 6) is 0.831. The molecule has 1 amide bonds. The van der Waals surface area contributed by atoms with Gasteiger partial charge in [0.15, 0.2) is 0 Å². The summed E-state index contributed by atoms with van der Waals surface area (Å²) in [6, 6.07) is 0.426. The zero-order chi connectivity index (χ0) is 11.6. The molecular weight excluding hydrogens is 200 g/mol. The van der Waals surface area contributed by atoms with E-state index in [9.17, 15) is 4.79 Å². The third kappa shape index (κ3) is 2.57. The molecule has 3 heteroatoms. The van der Waals surface area contributed by atoms with Crippen molar-refractivity contribution in [3.63, 3.8) is 0 Å². The Morgan fingerprint density at radius 1 is 1.38 bits per heavy atom. The first-order chi connectivity index (χ1) is 7.65. The van der Waals surface area contributed by atoms with E-state index < -0.39 is 5.54 Å². The molecule has 3 N–H and O–H groups in total. The molecule has 0 aromatic carbocycles. The van der Waals surface area contributed by atoms with E-state index in [1.54, 1.807) is 0 Å². The summed E-state index contributed by atoms with van der Waals surface area (Å²) in [4.78, 5) is 12.1. The summed E-state index contributed by atoms with van der Waals surface area (Å²) in [5, 5.41) is 3.14. The number of amides is 1. The number of carbonyl (C=O) groups excluding carboxylic acids is 1. The van der Waals surface area contributed by atoms with Crippen molar-refractivity contribution in [2.75, 3.05) is 0 Å². The fourth-order valence-corrected chi connectivity index (χ4v) is 2.84. The quantitative estimate of drug-likeness (QED) is 0.767. The first kappa shape index (κ1) is 11.9. The van der Waals surface area contributed by atoms with E-state index in [4.69, 9.17) is 5.73 Å². The Bertz CT molecular complexity index is 259. The second-order valence-electron chi connectivity index (χ2n) is 5.58. The van der Waals surface area contributed by atoms with Gasteiger partial charge in [0.25, 0.3) is 0 Å². The van der Waals surface area contributed by atoms with Crippen LogP contribution in [-0.2, 0) is 4.79 Å². The van der Waals surface area contributed by atoms with Crippen molar-refractivity contribution in [2.24, 2.45) is 11.7 Å². The van der Waals surface area contributed by atoms with Crippen LogP contribution < -0.4 is 11.1 Å². The minimum atomic E-state index is -0.558. The zero-order valence-electron chi connectivity index (χ0n) is 10.3. The maximum absolute atomic E-state index is 12.1. The summed E-state index contributed by atoms with van der Waals surface area (Å²) >= 11 is 0. The molecule has 2 aliphatic rings. The average molecular weight is 224 g/mol. The smallest absolute Gasteiger partial charge is 0.240 e. The molecule has 0 bridgehead atoms. The van der Waals surface area contributed by atoms with Crippen molar-refractivity contribution in [2.45, 2.75) is 69.9 Å². The number of nitrogens with two attached hydrogens (primary N) is 1. The Morgan fingerprint density at radius 2 is 2.06 bits per heavy atom. The van der Waals surface area contributed by atoms with Gasteiger partial charge < -0.3 is 11.1 Å². The molecule has 0 saturated heterocycles. The van der Waals surface area contributed by atoms with E-state index >= 15 is 0 Å². The van der Waals surface area contributed by atoms with Gasteiger partial charge in [0.2, 0.25) is 5.91 Å². The standard InChI is InChI=1S/C13H24N2O/c1-2-6-10-9-11(10)15-12(16)13(14)7-4-3-5-8-13/h10-11H,2-9,14H2,1H3,(H,15,16). The number of nitrogens with one attached hydrogen (secondary N) is 1. The van der Waals surface area contributed by atoms with Crippen LogP contribution in [0.2, 0.25) is 0 Å². The van der Waals surface area contributed by atoms with E-state index in [0.29, 0.717) is 6.04 Å². The van der Waals surface area contributed by atoms with Gasteiger partial charge in [0.1, 0.15) is 0 Å². The van der Waals surface area contributed by atoms with Crippen LogP contribution in [0, 0.1) is 5.92 Å². The van der Waals surface area contributed by atoms with Crippen LogP contribution in [0.3, 0.4) is 0 Å². The van der Waals surface area contributed by atoms with Gasteiger partial charge in [-0.2, -0.15) is 0 Å².